The van der Waals surface area contributed by atoms with Crippen molar-refractivity contribution in [3.63, 3.8) is 0 Å². The van der Waals surface area contributed by atoms with Gasteiger partial charge in [-0.05, 0) is 38.5 Å². The van der Waals surface area contributed by atoms with E-state index in [9.17, 15) is 4.39 Å². The van der Waals surface area contributed by atoms with E-state index in [4.69, 9.17) is 0 Å². The first-order chi connectivity index (χ1) is 9.08. The minimum absolute atomic E-state index is 0.103. The molecule has 1 N–H and O–H groups in total. The molecule has 4 heteroatoms. The minimum Gasteiger partial charge on any atom is -0.331 e. The van der Waals surface area contributed by atoms with E-state index < -0.39 is 0 Å². The molecule has 0 aliphatic rings. The number of hydrogen-bond donors (Lipinski definition) is 1. The van der Waals surface area contributed by atoms with Gasteiger partial charge in [-0.3, -0.25) is 0 Å². The molecule has 2 aromatic rings. The lowest BCUT2D eigenvalue weighted by atomic mass is 10.1. The van der Waals surface area contributed by atoms with Gasteiger partial charge in [-0.25, -0.2) is 9.37 Å². The van der Waals surface area contributed by atoms with Gasteiger partial charge < -0.3 is 9.88 Å². The summed E-state index contributed by atoms with van der Waals surface area (Å²) in [6.07, 6.45) is 3.71. The zero-order valence-electron chi connectivity index (χ0n) is 11.6. The summed E-state index contributed by atoms with van der Waals surface area (Å²) in [6.45, 7) is 7.00. The van der Waals surface area contributed by atoms with Gasteiger partial charge in [0.25, 0.3) is 0 Å². The number of aromatic nitrogens is 2. The van der Waals surface area contributed by atoms with Crippen molar-refractivity contribution in [3.8, 4) is 0 Å². The second-order valence-corrected chi connectivity index (χ2v) is 5.04. The average Bonchev–Trinajstić information content (AvgIpc) is 2.84. The average molecular weight is 261 g/mol. The molecule has 0 spiro atoms. The number of halogens is 1. The SMILES string of the molecule is CC(C)n1cncc1CN[C@@H](C)c1cccc(F)c1. The smallest absolute Gasteiger partial charge is 0.123 e. The largest absolute Gasteiger partial charge is 0.331 e. The molecule has 1 aromatic carbocycles. The standard InChI is InChI=1S/C15H20FN3/c1-11(2)19-10-17-8-15(19)9-18-12(3)13-5-4-6-14(16)7-13/h4-8,10-12,18H,9H2,1-3H3/t12-/m0/s1. The van der Waals surface area contributed by atoms with Crippen molar-refractivity contribution in [2.24, 2.45) is 0 Å². The Labute approximate surface area is 113 Å². The van der Waals surface area contributed by atoms with Gasteiger partial charge in [0.05, 0.1) is 12.0 Å². The van der Waals surface area contributed by atoms with Crippen molar-refractivity contribution in [1.82, 2.24) is 14.9 Å². The van der Waals surface area contributed by atoms with E-state index in [1.54, 1.807) is 12.1 Å². The number of imidazole rings is 1. The third kappa shape index (κ3) is 3.41. The fourth-order valence-electron chi connectivity index (χ4n) is 2.09. The highest BCUT2D eigenvalue weighted by Crippen LogP contribution is 2.15. The number of hydrogen-bond acceptors (Lipinski definition) is 2. The summed E-state index contributed by atoms with van der Waals surface area (Å²) in [5.41, 5.74) is 2.09. The van der Waals surface area contributed by atoms with Gasteiger partial charge in [0.15, 0.2) is 0 Å². The third-order valence-electron chi connectivity index (χ3n) is 3.24. The summed E-state index contributed by atoms with van der Waals surface area (Å²) in [6, 6.07) is 7.19. The lowest BCUT2D eigenvalue weighted by molar-refractivity contribution is 0.516. The molecule has 2 rings (SSSR count). The Balaban J connectivity index is 2.00. The van der Waals surface area contributed by atoms with E-state index >= 15 is 0 Å². The van der Waals surface area contributed by atoms with Crippen LogP contribution in [0.25, 0.3) is 0 Å². The van der Waals surface area contributed by atoms with Crippen LogP contribution in [0.15, 0.2) is 36.8 Å². The third-order valence-corrected chi connectivity index (χ3v) is 3.24. The van der Waals surface area contributed by atoms with Crippen molar-refractivity contribution >= 4 is 0 Å². The highest BCUT2D eigenvalue weighted by molar-refractivity contribution is 5.19. The first kappa shape index (κ1) is 13.7. The second-order valence-electron chi connectivity index (χ2n) is 5.04. The van der Waals surface area contributed by atoms with Crippen molar-refractivity contribution < 1.29 is 4.39 Å². The molecule has 1 heterocycles. The molecule has 0 saturated carbocycles. The molecule has 3 nitrogen and oxygen atoms in total. The molecule has 0 radical (unpaired) electrons. The molecule has 0 fully saturated rings. The predicted molar refractivity (Wildman–Crippen MR) is 74.3 cm³/mol. The molecule has 0 aliphatic carbocycles. The molecule has 19 heavy (non-hydrogen) atoms. The fourth-order valence-corrected chi connectivity index (χ4v) is 2.09. The topological polar surface area (TPSA) is 29.9 Å². The normalized spacial score (nSPS) is 12.9. The van der Waals surface area contributed by atoms with Crippen LogP contribution in [0.4, 0.5) is 4.39 Å². The Morgan fingerprint density at radius 1 is 1.32 bits per heavy atom. The van der Waals surface area contributed by atoms with E-state index in [0.717, 1.165) is 17.8 Å². The maximum absolute atomic E-state index is 13.2. The van der Waals surface area contributed by atoms with E-state index in [-0.39, 0.29) is 11.9 Å². The van der Waals surface area contributed by atoms with Gasteiger partial charge in [-0.1, -0.05) is 12.1 Å². The molecule has 0 bridgehead atoms. The van der Waals surface area contributed by atoms with Gasteiger partial charge in [0, 0.05) is 24.8 Å². The number of rotatable bonds is 5. The van der Waals surface area contributed by atoms with Crippen molar-refractivity contribution in [1.29, 1.82) is 0 Å². The quantitative estimate of drug-likeness (QED) is 0.893. The lowest BCUT2D eigenvalue weighted by Gasteiger charge is -2.16. The Morgan fingerprint density at radius 3 is 2.79 bits per heavy atom. The Hall–Kier alpha value is -1.68. The van der Waals surface area contributed by atoms with Gasteiger partial charge in [0.1, 0.15) is 5.82 Å². The summed E-state index contributed by atoms with van der Waals surface area (Å²) in [7, 11) is 0. The maximum Gasteiger partial charge on any atom is 0.123 e. The van der Waals surface area contributed by atoms with Crippen LogP contribution in [0.3, 0.4) is 0 Å². The first-order valence-corrected chi connectivity index (χ1v) is 6.57. The maximum atomic E-state index is 13.2. The van der Waals surface area contributed by atoms with Crippen LogP contribution in [0.5, 0.6) is 0 Å². The summed E-state index contributed by atoms with van der Waals surface area (Å²) in [5.74, 6) is -0.196. The van der Waals surface area contributed by atoms with Crippen LogP contribution in [-0.4, -0.2) is 9.55 Å². The molecule has 1 aromatic heterocycles. The Morgan fingerprint density at radius 2 is 2.11 bits per heavy atom. The minimum atomic E-state index is -0.196. The van der Waals surface area contributed by atoms with E-state index in [1.807, 2.05) is 25.5 Å². The molecular formula is C15H20FN3. The molecule has 0 unspecified atom stereocenters. The number of nitrogens with zero attached hydrogens (tertiary/aromatic N) is 2. The Kier molecular flexibility index (Phi) is 4.32. The molecule has 0 aliphatic heterocycles. The summed E-state index contributed by atoms with van der Waals surface area (Å²) >= 11 is 0. The zero-order valence-corrected chi connectivity index (χ0v) is 11.6. The highest BCUT2D eigenvalue weighted by atomic mass is 19.1. The van der Waals surface area contributed by atoms with E-state index in [2.05, 4.69) is 28.7 Å². The lowest BCUT2D eigenvalue weighted by Crippen LogP contribution is -2.20. The molecule has 102 valence electrons. The van der Waals surface area contributed by atoms with Crippen molar-refractivity contribution in [2.75, 3.05) is 0 Å². The molecular weight excluding hydrogens is 241 g/mol. The van der Waals surface area contributed by atoms with Gasteiger partial charge >= 0.3 is 0 Å². The van der Waals surface area contributed by atoms with Gasteiger partial charge in [-0.2, -0.15) is 0 Å². The van der Waals surface area contributed by atoms with Gasteiger partial charge in [-0.15, -0.1) is 0 Å². The zero-order chi connectivity index (χ0) is 13.8. The van der Waals surface area contributed by atoms with Crippen molar-refractivity contribution in [3.05, 3.63) is 53.9 Å². The molecule has 0 saturated heterocycles. The molecule has 0 amide bonds. The predicted octanol–water partition coefficient (Wildman–Crippen LogP) is 3.45. The molecule has 1 atom stereocenters. The van der Waals surface area contributed by atoms with Crippen LogP contribution >= 0.6 is 0 Å². The van der Waals surface area contributed by atoms with Crippen molar-refractivity contribution in [2.45, 2.75) is 39.4 Å². The van der Waals surface area contributed by atoms with Crippen LogP contribution in [0.2, 0.25) is 0 Å². The van der Waals surface area contributed by atoms with Crippen LogP contribution in [-0.2, 0) is 6.54 Å². The second kappa shape index (κ2) is 5.97. The summed E-state index contributed by atoms with van der Waals surface area (Å²) < 4.78 is 15.3. The van der Waals surface area contributed by atoms with Crippen LogP contribution in [0, 0.1) is 5.82 Å². The van der Waals surface area contributed by atoms with Gasteiger partial charge in [0.2, 0.25) is 0 Å². The van der Waals surface area contributed by atoms with E-state index in [0.29, 0.717) is 6.04 Å². The number of benzene rings is 1. The highest BCUT2D eigenvalue weighted by Gasteiger charge is 2.09. The number of nitrogens with one attached hydrogen (secondary N) is 1. The van der Waals surface area contributed by atoms with E-state index in [1.165, 1.54) is 6.07 Å². The summed E-state index contributed by atoms with van der Waals surface area (Å²) in [5, 5.41) is 3.40. The fraction of sp³-hybridized carbons (Fsp3) is 0.400. The summed E-state index contributed by atoms with van der Waals surface area (Å²) in [4.78, 5) is 4.17. The first-order valence-electron chi connectivity index (χ1n) is 6.57. The Bertz CT molecular complexity index is 534. The van der Waals surface area contributed by atoms with Crippen LogP contribution < -0.4 is 5.32 Å². The van der Waals surface area contributed by atoms with Crippen LogP contribution in [0.1, 0.15) is 44.1 Å². The monoisotopic (exact) mass is 261 g/mol.